The van der Waals surface area contributed by atoms with Crippen molar-refractivity contribution in [1.82, 2.24) is 9.97 Å². The number of hydrogen-bond donors (Lipinski definition) is 1. The molecule has 0 aliphatic heterocycles. The van der Waals surface area contributed by atoms with Gasteiger partial charge in [-0.25, -0.2) is 0 Å². The molecule has 2 heteroatoms. The maximum Gasteiger partial charge on any atom is 0.0723 e. The van der Waals surface area contributed by atoms with Crippen LogP contribution in [0.25, 0.3) is 22.2 Å². The fraction of sp³-hybridized carbons (Fsp3) is 0. The van der Waals surface area contributed by atoms with Crippen molar-refractivity contribution in [3.63, 3.8) is 0 Å². The highest BCUT2D eigenvalue weighted by Crippen LogP contribution is 2.26. The first-order valence-corrected chi connectivity index (χ1v) is 4.93. The molecule has 0 spiro atoms. The normalized spacial score (nSPS) is 10.7. The van der Waals surface area contributed by atoms with E-state index in [-0.39, 0.29) is 0 Å². The predicted molar refractivity (Wildman–Crippen MR) is 61.5 cm³/mol. The van der Waals surface area contributed by atoms with Gasteiger partial charge in [-0.1, -0.05) is 24.3 Å². The molecule has 0 saturated carbocycles. The lowest BCUT2D eigenvalue weighted by atomic mass is 10.1. The SMILES string of the molecule is c1ccc(-c2c[nH]c3ccccc23)nc1. The Balaban J connectivity index is 2.28. The zero-order chi connectivity index (χ0) is 10.1. The molecule has 15 heavy (non-hydrogen) atoms. The Labute approximate surface area is 87.6 Å². The van der Waals surface area contributed by atoms with Crippen LogP contribution in [0.2, 0.25) is 0 Å². The van der Waals surface area contributed by atoms with E-state index in [1.54, 1.807) is 0 Å². The first-order valence-electron chi connectivity index (χ1n) is 4.93. The summed E-state index contributed by atoms with van der Waals surface area (Å²) in [6.45, 7) is 0. The number of aromatic nitrogens is 2. The summed E-state index contributed by atoms with van der Waals surface area (Å²) in [6, 6.07) is 14.2. The van der Waals surface area contributed by atoms with Crippen LogP contribution in [-0.2, 0) is 0 Å². The Morgan fingerprint density at radius 2 is 1.80 bits per heavy atom. The third kappa shape index (κ3) is 1.31. The molecule has 2 heterocycles. The highest BCUT2D eigenvalue weighted by atomic mass is 14.7. The molecule has 0 aliphatic rings. The number of H-pyrrole nitrogens is 1. The topological polar surface area (TPSA) is 28.7 Å². The van der Waals surface area contributed by atoms with E-state index in [9.17, 15) is 0 Å². The zero-order valence-corrected chi connectivity index (χ0v) is 8.14. The molecular formula is C13H10N2. The van der Waals surface area contributed by atoms with Crippen LogP contribution in [0.3, 0.4) is 0 Å². The van der Waals surface area contributed by atoms with E-state index in [0.717, 1.165) is 16.8 Å². The van der Waals surface area contributed by atoms with Crippen molar-refractivity contribution in [3.05, 3.63) is 54.9 Å². The summed E-state index contributed by atoms with van der Waals surface area (Å²) in [6.07, 6.45) is 3.82. The van der Waals surface area contributed by atoms with E-state index in [1.807, 2.05) is 42.7 Å². The van der Waals surface area contributed by atoms with Crippen LogP contribution < -0.4 is 0 Å². The lowest BCUT2D eigenvalue weighted by molar-refractivity contribution is 1.33. The predicted octanol–water partition coefficient (Wildman–Crippen LogP) is 3.23. The van der Waals surface area contributed by atoms with Gasteiger partial charge in [-0.2, -0.15) is 0 Å². The monoisotopic (exact) mass is 194 g/mol. The first kappa shape index (κ1) is 8.24. The summed E-state index contributed by atoms with van der Waals surface area (Å²) in [5, 5.41) is 1.22. The molecule has 3 aromatic rings. The number of aromatic amines is 1. The van der Waals surface area contributed by atoms with Gasteiger partial charge in [0.1, 0.15) is 0 Å². The third-order valence-corrected chi connectivity index (χ3v) is 2.53. The summed E-state index contributed by atoms with van der Waals surface area (Å²) < 4.78 is 0. The molecule has 0 saturated heterocycles. The van der Waals surface area contributed by atoms with Crippen LogP contribution >= 0.6 is 0 Å². The Kier molecular flexibility index (Phi) is 1.78. The second-order valence-electron chi connectivity index (χ2n) is 3.46. The standard InChI is InChI=1S/C13H10N2/c1-2-6-12-10(5-1)11(9-15-12)13-7-3-4-8-14-13/h1-9,15H. The number of nitrogens with one attached hydrogen (secondary N) is 1. The van der Waals surface area contributed by atoms with Gasteiger partial charge in [0.05, 0.1) is 5.69 Å². The van der Waals surface area contributed by atoms with Crippen molar-refractivity contribution < 1.29 is 0 Å². The van der Waals surface area contributed by atoms with Crippen LogP contribution in [0, 0.1) is 0 Å². The van der Waals surface area contributed by atoms with Gasteiger partial charge in [-0.05, 0) is 18.2 Å². The minimum atomic E-state index is 1.01. The average Bonchev–Trinajstić information content (AvgIpc) is 2.74. The first-order chi connectivity index (χ1) is 7.45. The lowest BCUT2D eigenvalue weighted by Gasteiger charge is -1.96. The smallest absolute Gasteiger partial charge is 0.0723 e. The molecule has 0 bridgehead atoms. The van der Waals surface area contributed by atoms with Gasteiger partial charge in [0.25, 0.3) is 0 Å². The van der Waals surface area contributed by atoms with Gasteiger partial charge in [0.15, 0.2) is 0 Å². The minimum absolute atomic E-state index is 1.01. The van der Waals surface area contributed by atoms with Gasteiger partial charge in [0.2, 0.25) is 0 Å². The third-order valence-electron chi connectivity index (χ3n) is 2.53. The van der Waals surface area contributed by atoms with E-state index in [0.29, 0.717) is 0 Å². The number of benzene rings is 1. The molecule has 0 amide bonds. The molecular weight excluding hydrogens is 184 g/mol. The van der Waals surface area contributed by atoms with Crippen molar-refractivity contribution in [2.45, 2.75) is 0 Å². The maximum absolute atomic E-state index is 4.35. The van der Waals surface area contributed by atoms with Crippen molar-refractivity contribution in [3.8, 4) is 11.3 Å². The Hall–Kier alpha value is -2.09. The molecule has 2 aromatic heterocycles. The van der Waals surface area contributed by atoms with Crippen LogP contribution in [0.4, 0.5) is 0 Å². The highest BCUT2D eigenvalue weighted by Gasteiger charge is 2.04. The second-order valence-corrected chi connectivity index (χ2v) is 3.46. The summed E-state index contributed by atoms with van der Waals surface area (Å²) in [7, 11) is 0. The lowest BCUT2D eigenvalue weighted by Crippen LogP contribution is -1.78. The molecule has 0 unspecified atom stereocenters. The van der Waals surface area contributed by atoms with Gasteiger partial charge >= 0.3 is 0 Å². The second kappa shape index (κ2) is 3.24. The van der Waals surface area contributed by atoms with Crippen molar-refractivity contribution in [1.29, 1.82) is 0 Å². The summed E-state index contributed by atoms with van der Waals surface area (Å²) in [4.78, 5) is 7.60. The van der Waals surface area contributed by atoms with Gasteiger partial charge in [0, 0.05) is 28.9 Å². The Bertz CT molecular complexity index is 582. The fourth-order valence-corrected chi connectivity index (χ4v) is 1.81. The molecule has 2 nitrogen and oxygen atoms in total. The summed E-state index contributed by atoms with van der Waals surface area (Å²) in [5.41, 5.74) is 3.32. The molecule has 0 fully saturated rings. The zero-order valence-electron chi connectivity index (χ0n) is 8.14. The fourth-order valence-electron chi connectivity index (χ4n) is 1.81. The number of fused-ring (bicyclic) bond motifs is 1. The largest absolute Gasteiger partial charge is 0.360 e. The van der Waals surface area contributed by atoms with E-state index >= 15 is 0 Å². The van der Waals surface area contributed by atoms with Crippen LogP contribution in [-0.4, -0.2) is 9.97 Å². The molecule has 3 rings (SSSR count). The summed E-state index contributed by atoms with van der Waals surface area (Å²) >= 11 is 0. The number of rotatable bonds is 1. The van der Waals surface area contributed by atoms with Crippen molar-refractivity contribution in [2.24, 2.45) is 0 Å². The van der Waals surface area contributed by atoms with E-state index < -0.39 is 0 Å². The van der Waals surface area contributed by atoms with E-state index in [1.165, 1.54) is 5.39 Å². The van der Waals surface area contributed by atoms with Crippen molar-refractivity contribution in [2.75, 3.05) is 0 Å². The molecule has 0 radical (unpaired) electrons. The van der Waals surface area contributed by atoms with E-state index in [4.69, 9.17) is 0 Å². The molecule has 0 aliphatic carbocycles. The highest BCUT2D eigenvalue weighted by molar-refractivity contribution is 5.94. The number of nitrogens with zero attached hydrogens (tertiary/aromatic N) is 1. The molecule has 1 N–H and O–H groups in total. The van der Waals surface area contributed by atoms with Gasteiger partial charge < -0.3 is 4.98 Å². The Morgan fingerprint density at radius 3 is 2.67 bits per heavy atom. The Morgan fingerprint density at radius 1 is 0.933 bits per heavy atom. The molecule has 0 atom stereocenters. The number of pyridine rings is 1. The minimum Gasteiger partial charge on any atom is -0.360 e. The van der Waals surface area contributed by atoms with Gasteiger partial charge in [-0.15, -0.1) is 0 Å². The van der Waals surface area contributed by atoms with Gasteiger partial charge in [-0.3, -0.25) is 4.98 Å². The van der Waals surface area contributed by atoms with Crippen molar-refractivity contribution >= 4 is 10.9 Å². The number of hydrogen-bond acceptors (Lipinski definition) is 1. The van der Waals surface area contributed by atoms with Crippen LogP contribution in [0.15, 0.2) is 54.9 Å². The van der Waals surface area contributed by atoms with Crippen LogP contribution in [0.5, 0.6) is 0 Å². The average molecular weight is 194 g/mol. The quantitative estimate of drug-likeness (QED) is 0.633. The maximum atomic E-state index is 4.35. The number of para-hydroxylation sites is 1. The molecule has 72 valence electrons. The summed E-state index contributed by atoms with van der Waals surface area (Å²) in [5.74, 6) is 0. The van der Waals surface area contributed by atoms with Crippen LogP contribution in [0.1, 0.15) is 0 Å². The molecule has 1 aromatic carbocycles. The van der Waals surface area contributed by atoms with E-state index in [2.05, 4.69) is 22.1 Å².